The zero-order chi connectivity index (χ0) is 14.6. The lowest BCUT2D eigenvalue weighted by Gasteiger charge is -2.07. The van der Waals surface area contributed by atoms with Crippen LogP contribution in [0.1, 0.15) is 5.69 Å². The lowest BCUT2D eigenvalue weighted by molar-refractivity contribution is 0.341. The number of hydrogen-bond acceptors (Lipinski definition) is 6. The predicted octanol–water partition coefficient (Wildman–Crippen LogP) is 1.39. The van der Waals surface area contributed by atoms with E-state index in [1.165, 1.54) is 6.26 Å². The third-order valence-corrected chi connectivity index (χ3v) is 3.55. The fourth-order valence-electron chi connectivity index (χ4n) is 1.42. The zero-order valence-electron chi connectivity index (χ0n) is 10.9. The molecule has 1 heterocycles. The number of anilines is 2. The molecular weight excluding hydrogens is 282 g/mol. The van der Waals surface area contributed by atoms with E-state index in [9.17, 15) is 8.42 Å². The monoisotopic (exact) mass is 297 g/mol. The van der Waals surface area contributed by atoms with Crippen molar-refractivity contribution >= 4 is 21.7 Å². The number of nitrogens with two attached hydrogens (primary N) is 1. The summed E-state index contributed by atoms with van der Waals surface area (Å²) in [5.74, 6) is 0.347. The summed E-state index contributed by atoms with van der Waals surface area (Å²) >= 11 is 0. The van der Waals surface area contributed by atoms with Gasteiger partial charge >= 0.3 is 6.01 Å². The average molecular weight is 297 g/mol. The number of hydrogen-bond donors (Lipinski definition) is 2. The summed E-state index contributed by atoms with van der Waals surface area (Å²) in [5.41, 5.74) is 6.75. The van der Waals surface area contributed by atoms with E-state index in [-0.39, 0.29) is 18.4 Å². The van der Waals surface area contributed by atoms with Crippen LogP contribution in [0, 0.1) is 6.92 Å². The van der Waals surface area contributed by atoms with Gasteiger partial charge in [0, 0.05) is 5.69 Å². The highest BCUT2D eigenvalue weighted by Gasteiger charge is 2.13. The van der Waals surface area contributed by atoms with Gasteiger partial charge in [-0.3, -0.25) is 0 Å². The van der Waals surface area contributed by atoms with Crippen molar-refractivity contribution in [1.82, 2.24) is 4.98 Å². The molecular formula is C12H15N3O4S. The molecule has 0 saturated carbocycles. The molecule has 0 unspecified atom stereocenters. The van der Waals surface area contributed by atoms with Gasteiger partial charge in [-0.05, 0) is 31.2 Å². The second-order valence-electron chi connectivity index (χ2n) is 4.13. The van der Waals surface area contributed by atoms with Gasteiger partial charge < -0.3 is 14.9 Å². The minimum absolute atomic E-state index is 0.0128. The summed E-state index contributed by atoms with van der Waals surface area (Å²) in [5, 5.41) is 0. The molecule has 20 heavy (non-hydrogen) atoms. The maximum absolute atomic E-state index is 11.7. The van der Waals surface area contributed by atoms with Crippen LogP contribution >= 0.6 is 0 Å². The Morgan fingerprint density at radius 1 is 1.35 bits per heavy atom. The maximum atomic E-state index is 11.7. The lowest BCUT2D eigenvalue weighted by atomic mass is 10.3. The summed E-state index contributed by atoms with van der Waals surface area (Å²) in [6.45, 7) is 1.71. The van der Waals surface area contributed by atoms with Crippen LogP contribution in [0.2, 0.25) is 0 Å². The molecule has 8 heteroatoms. The first-order valence-corrected chi connectivity index (χ1v) is 7.51. The van der Waals surface area contributed by atoms with Gasteiger partial charge in [-0.25, -0.2) is 13.1 Å². The molecule has 108 valence electrons. The summed E-state index contributed by atoms with van der Waals surface area (Å²) in [6.07, 6.45) is 1.36. The van der Waals surface area contributed by atoms with E-state index in [0.29, 0.717) is 17.1 Å². The van der Waals surface area contributed by atoms with Crippen LogP contribution in [-0.4, -0.2) is 25.8 Å². The Labute approximate surface area is 116 Å². The van der Waals surface area contributed by atoms with Crippen molar-refractivity contribution in [2.75, 3.05) is 22.8 Å². The van der Waals surface area contributed by atoms with Gasteiger partial charge in [0.05, 0.1) is 5.69 Å². The molecule has 1 aromatic heterocycles. The van der Waals surface area contributed by atoms with E-state index >= 15 is 0 Å². The Bertz CT molecular complexity index is 664. The molecule has 0 aliphatic carbocycles. The number of benzene rings is 1. The smallest absolute Gasteiger partial charge is 0.308 e. The number of nitrogen functional groups attached to an aromatic ring is 1. The Hall–Kier alpha value is -2.22. The summed E-state index contributed by atoms with van der Waals surface area (Å²) in [7, 11) is -3.56. The van der Waals surface area contributed by atoms with Crippen molar-refractivity contribution in [3.63, 3.8) is 0 Å². The number of ether oxygens (including phenoxy) is 1. The van der Waals surface area contributed by atoms with Gasteiger partial charge in [-0.15, -0.1) is 0 Å². The third-order valence-electron chi connectivity index (χ3n) is 2.36. The molecule has 0 radical (unpaired) electrons. The zero-order valence-corrected chi connectivity index (χ0v) is 11.7. The molecule has 0 aliphatic rings. The first-order valence-electron chi connectivity index (χ1n) is 5.85. The first kappa shape index (κ1) is 14.2. The van der Waals surface area contributed by atoms with Gasteiger partial charge in [0.15, 0.2) is 0 Å². The van der Waals surface area contributed by atoms with Crippen molar-refractivity contribution in [3.05, 3.63) is 36.2 Å². The van der Waals surface area contributed by atoms with E-state index in [2.05, 4.69) is 9.71 Å². The van der Waals surface area contributed by atoms with Crippen LogP contribution in [-0.2, 0) is 10.0 Å². The van der Waals surface area contributed by atoms with E-state index in [1.54, 1.807) is 31.2 Å². The Morgan fingerprint density at radius 3 is 2.65 bits per heavy atom. The molecule has 0 bridgehead atoms. The second kappa shape index (κ2) is 5.83. The first-order chi connectivity index (χ1) is 9.44. The standard InChI is InChI=1S/C12H15N3O4S/c1-9-8-19-12(14-9)15-20(16,17)7-6-18-11-4-2-10(13)3-5-11/h2-5,8H,6-7,13H2,1H3,(H,14,15). The van der Waals surface area contributed by atoms with Crippen LogP contribution in [0.25, 0.3) is 0 Å². The largest absolute Gasteiger partial charge is 0.492 e. The molecule has 2 rings (SSSR count). The molecule has 0 aliphatic heterocycles. The summed E-state index contributed by atoms with van der Waals surface area (Å²) in [6, 6.07) is 6.66. The van der Waals surface area contributed by atoms with E-state index < -0.39 is 10.0 Å². The quantitative estimate of drug-likeness (QED) is 0.780. The number of rotatable bonds is 6. The van der Waals surface area contributed by atoms with Crippen molar-refractivity contribution in [3.8, 4) is 5.75 Å². The number of nitrogens with one attached hydrogen (secondary N) is 1. The summed E-state index contributed by atoms with van der Waals surface area (Å²) < 4.78 is 35.9. The normalized spacial score (nSPS) is 11.2. The highest BCUT2D eigenvalue weighted by Crippen LogP contribution is 2.13. The number of sulfonamides is 1. The van der Waals surface area contributed by atoms with Crippen LogP contribution in [0.4, 0.5) is 11.7 Å². The van der Waals surface area contributed by atoms with Gasteiger partial charge in [0.2, 0.25) is 10.0 Å². The Kier molecular flexibility index (Phi) is 4.14. The number of aryl methyl sites for hydroxylation is 1. The second-order valence-corrected chi connectivity index (χ2v) is 5.97. The number of nitrogens with zero attached hydrogens (tertiary/aromatic N) is 1. The Balaban J connectivity index is 1.84. The molecule has 3 N–H and O–H groups in total. The topological polar surface area (TPSA) is 107 Å². The van der Waals surface area contributed by atoms with Crippen LogP contribution in [0.3, 0.4) is 0 Å². The molecule has 0 atom stereocenters. The van der Waals surface area contributed by atoms with Gasteiger partial charge in [0.25, 0.3) is 0 Å². The maximum Gasteiger partial charge on any atom is 0.308 e. The highest BCUT2D eigenvalue weighted by molar-refractivity contribution is 7.92. The minimum Gasteiger partial charge on any atom is -0.492 e. The molecule has 0 spiro atoms. The molecule has 7 nitrogen and oxygen atoms in total. The minimum atomic E-state index is -3.56. The van der Waals surface area contributed by atoms with E-state index in [4.69, 9.17) is 14.9 Å². The summed E-state index contributed by atoms with van der Waals surface area (Å²) in [4.78, 5) is 3.86. The van der Waals surface area contributed by atoms with Crippen LogP contribution in [0.5, 0.6) is 5.75 Å². The highest BCUT2D eigenvalue weighted by atomic mass is 32.2. The Morgan fingerprint density at radius 2 is 2.05 bits per heavy atom. The van der Waals surface area contributed by atoms with E-state index in [0.717, 1.165) is 0 Å². The van der Waals surface area contributed by atoms with Crippen LogP contribution < -0.4 is 15.2 Å². The fraction of sp³-hybridized carbons (Fsp3) is 0.250. The molecule has 0 amide bonds. The van der Waals surface area contributed by atoms with Crippen molar-refractivity contribution in [2.45, 2.75) is 6.92 Å². The van der Waals surface area contributed by atoms with Crippen molar-refractivity contribution in [2.24, 2.45) is 0 Å². The fourth-order valence-corrected chi connectivity index (χ4v) is 2.18. The average Bonchev–Trinajstić information content (AvgIpc) is 2.76. The third kappa shape index (κ3) is 4.16. The van der Waals surface area contributed by atoms with Gasteiger partial charge in [0.1, 0.15) is 24.4 Å². The molecule has 0 fully saturated rings. The molecule has 1 aromatic carbocycles. The van der Waals surface area contributed by atoms with Crippen LogP contribution in [0.15, 0.2) is 34.9 Å². The molecule has 0 saturated heterocycles. The number of aromatic nitrogens is 1. The predicted molar refractivity (Wildman–Crippen MR) is 75.0 cm³/mol. The van der Waals surface area contributed by atoms with E-state index in [1.807, 2.05) is 0 Å². The van der Waals surface area contributed by atoms with Crippen molar-refractivity contribution in [1.29, 1.82) is 0 Å². The van der Waals surface area contributed by atoms with Crippen molar-refractivity contribution < 1.29 is 17.6 Å². The van der Waals surface area contributed by atoms with Gasteiger partial charge in [-0.1, -0.05) is 0 Å². The molecule has 2 aromatic rings. The van der Waals surface area contributed by atoms with Gasteiger partial charge in [-0.2, -0.15) is 4.98 Å². The lowest BCUT2D eigenvalue weighted by Crippen LogP contribution is -2.21. The number of oxazole rings is 1. The SMILES string of the molecule is Cc1coc(NS(=O)(=O)CCOc2ccc(N)cc2)n1.